The molecule has 0 amide bonds. The Labute approximate surface area is 128 Å². The lowest BCUT2D eigenvalue weighted by atomic mass is 10.1. The second kappa shape index (κ2) is 6.53. The van der Waals surface area contributed by atoms with Crippen molar-refractivity contribution in [3.8, 4) is 0 Å². The zero-order valence-electron chi connectivity index (χ0n) is 13.3. The largest absolute Gasteiger partial charge is 0.464 e. The fourth-order valence-corrected chi connectivity index (χ4v) is 4.52. The number of furan rings is 1. The van der Waals surface area contributed by atoms with Crippen LogP contribution in [0.15, 0.2) is 16.5 Å². The van der Waals surface area contributed by atoms with Gasteiger partial charge in [-0.15, -0.1) is 0 Å². The minimum atomic E-state index is -3.06. The van der Waals surface area contributed by atoms with Crippen LogP contribution in [0.3, 0.4) is 0 Å². The van der Waals surface area contributed by atoms with Gasteiger partial charge in [0.25, 0.3) is 0 Å². The monoisotopic (exact) mass is 313 g/mol. The van der Waals surface area contributed by atoms with Gasteiger partial charge in [0, 0.05) is 5.54 Å². The van der Waals surface area contributed by atoms with E-state index in [1.165, 1.54) is 12.8 Å². The molecule has 0 saturated heterocycles. The van der Waals surface area contributed by atoms with Crippen molar-refractivity contribution in [1.29, 1.82) is 0 Å². The molecule has 1 heterocycles. The van der Waals surface area contributed by atoms with E-state index in [2.05, 4.69) is 26.1 Å². The standard InChI is InChI=1S/C16H27NO3S/c1-16(2,3)17-10-14-8-9-15(20-14)12-21(18,19)11-13-6-4-5-7-13/h8-9,13,17H,4-7,10-12H2,1-3H3. The Morgan fingerprint density at radius 3 is 2.43 bits per heavy atom. The highest BCUT2D eigenvalue weighted by molar-refractivity contribution is 7.90. The van der Waals surface area contributed by atoms with Crippen molar-refractivity contribution < 1.29 is 12.8 Å². The summed E-state index contributed by atoms with van der Waals surface area (Å²) in [6.45, 7) is 6.88. The average molecular weight is 313 g/mol. The zero-order valence-corrected chi connectivity index (χ0v) is 14.1. The van der Waals surface area contributed by atoms with Crippen LogP contribution >= 0.6 is 0 Å². The third kappa shape index (κ3) is 5.83. The summed E-state index contributed by atoms with van der Waals surface area (Å²) in [4.78, 5) is 0. The summed E-state index contributed by atoms with van der Waals surface area (Å²) in [6, 6.07) is 3.64. The van der Waals surface area contributed by atoms with E-state index < -0.39 is 9.84 Å². The minimum absolute atomic E-state index is 0.0154. The number of sulfone groups is 1. The van der Waals surface area contributed by atoms with Gasteiger partial charge >= 0.3 is 0 Å². The lowest BCUT2D eigenvalue weighted by Crippen LogP contribution is -2.34. The van der Waals surface area contributed by atoms with E-state index in [1.807, 2.05) is 6.07 Å². The Bertz CT molecular complexity index is 548. The molecule has 0 aliphatic heterocycles. The Morgan fingerprint density at radius 2 is 1.81 bits per heavy atom. The van der Waals surface area contributed by atoms with E-state index in [4.69, 9.17) is 4.42 Å². The van der Waals surface area contributed by atoms with E-state index >= 15 is 0 Å². The third-order valence-corrected chi connectivity index (χ3v) is 5.54. The predicted molar refractivity (Wildman–Crippen MR) is 84.7 cm³/mol. The molecule has 0 atom stereocenters. The lowest BCUT2D eigenvalue weighted by Gasteiger charge is -2.19. The molecule has 4 nitrogen and oxygen atoms in total. The van der Waals surface area contributed by atoms with Crippen LogP contribution in [0.4, 0.5) is 0 Å². The highest BCUT2D eigenvalue weighted by atomic mass is 32.2. The quantitative estimate of drug-likeness (QED) is 0.875. The molecular formula is C16H27NO3S. The first-order chi connectivity index (χ1) is 9.73. The summed E-state index contributed by atoms with van der Waals surface area (Å²) in [7, 11) is -3.06. The molecule has 120 valence electrons. The summed E-state index contributed by atoms with van der Waals surface area (Å²) >= 11 is 0. The lowest BCUT2D eigenvalue weighted by molar-refractivity contribution is 0.381. The molecule has 2 rings (SSSR count). The van der Waals surface area contributed by atoms with Crippen molar-refractivity contribution in [2.45, 2.75) is 64.3 Å². The third-order valence-electron chi connectivity index (χ3n) is 3.84. The van der Waals surface area contributed by atoms with Crippen LogP contribution < -0.4 is 5.32 Å². The molecule has 1 saturated carbocycles. The first kappa shape index (κ1) is 16.6. The van der Waals surface area contributed by atoms with Crippen LogP contribution in [0.25, 0.3) is 0 Å². The molecule has 0 aromatic carbocycles. The summed E-state index contributed by atoms with van der Waals surface area (Å²) in [6.07, 6.45) is 4.45. The number of hydrogen-bond donors (Lipinski definition) is 1. The van der Waals surface area contributed by atoms with Crippen molar-refractivity contribution in [3.05, 3.63) is 23.7 Å². The van der Waals surface area contributed by atoms with Gasteiger partial charge < -0.3 is 9.73 Å². The molecule has 1 N–H and O–H groups in total. The number of nitrogens with one attached hydrogen (secondary N) is 1. The summed E-state index contributed by atoms with van der Waals surface area (Å²) in [5.41, 5.74) is 0.0154. The van der Waals surface area contributed by atoms with Crippen LogP contribution in [-0.2, 0) is 22.1 Å². The van der Waals surface area contributed by atoms with Crippen molar-refractivity contribution in [2.24, 2.45) is 5.92 Å². The van der Waals surface area contributed by atoms with Gasteiger partial charge in [-0.25, -0.2) is 8.42 Å². The second-order valence-electron chi connectivity index (χ2n) is 7.18. The number of rotatable bonds is 6. The normalized spacial score (nSPS) is 17.5. The molecule has 5 heteroatoms. The summed E-state index contributed by atoms with van der Waals surface area (Å²) < 4.78 is 30.1. The molecule has 0 unspecified atom stereocenters. The maximum absolute atomic E-state index is 12.2. The molecular weight excluding hydrogens is 286 g/mol. The fraction of sp³-hybridized carbons (Fsp3) is 0.750. The van der Waals surface area contributed by atoms with Crippen LogP contribution in [-0.4, -0.2) is 19.7 Å². The van der Waals surface area contributed by atoms with Gasteiger partial charge in [0.1, 0.15) is 17.3 Å². The van der Waals surface area contributed by atoms with Gasteiger partial charge in [0.05, 0.1) is 12.3 Å². The van der Waals surface area contributed by atoms with Gasteiger partial charge in [-0.05, 0) is 51.7 Å². The molecule has 1 aliphatic carbocycles. The van der Waals surface area contributed by atoms with Crippen LogP contribution in [0.1, 0.15) is 58.0 Å². The first-order valence-corrected chi connectivity index (χ1v) is 9.59. The van der Waals surface area contributed by atoms with Crippen molar-refractivity contribution in [2.75, 3.05) is 5.75 Å². The molecule has 0 bridgehead atoms. The Kier molecular flexibility index (Phi) is 5.15. The van der Waals surface area contributed by atoms with Gasteiger partial charge in [-0.2, -0.15) is 0 Å². The van der Waals surface area contributed by atoms with Gasteiger partial charge in [0.2, 0.25) is 0 Å². The molecule has 0 spiro atoms. The molecule has 0 radical (unpaired) electrons. The van der Waals surface area contributed by atoms with Crippen LogP contribution in [0, 0.1) is 5.92 Å². The Hall–Kier alpha value is -0.810. The molecule has 1 fully saturated rings. The molecule has 1 aromatic heterocycles. The molecule has 1 aliphatic rings. The first-order valence-electron chi connectivity index (χ1n) is 7.77. The molecule has 21 heavy (non-hydrogen) atoms. The van der Waals surface area contributed by atoms with Crippen molar-refractivity contribution >= 4 is 9.84 Å². The molecule has 1 aromatic rings. The zero-order chi connectivity index (χ0) is 15.5. The van der Waals surface area contributed by atoms with Gasteiger partial charge in [-0.3, -0.25) is 0 Å². The highest BCUT2D eigenvalue weighted by Crippen LogP contribution is 2.27. The average Bonchev–Trinajstić information content (AvgIpc) is 2.96. The van der Waals surface area contributed by atoms with Gasteiger partial charge in [0.15, 0.2) is 9.84 Å². The van der Waals surface area contributed by atoms with Crippen molar-refractivity contribution in [3.63, 3.8) is 0 Å². The maximum Gasteiger partial charge on any atom is 0.157 e. The highest BCUT2D eigenvalue weighted by Gasteiger charge is 2.24. The van der Waals surface area contributed by atoms with E-state index in [0.717, 1.165) is 18.6 Å². The maximum atomic E-state index is 12.2. The second-order valence-corrected chi connectivity index (χ2v) is 9.29. The van der Waals surface area contributed by atoms with Crippen LogP contribution in [0.5, 0.6) is 0 Å². The van der Waals surface area contributed by atoms with Gasteiger partial charge in [-0.1, -0.05) is 12.8 Å². The summed E-state index contributed by atoms with van der Waals surface area (Å²) in [5, 5.41) is 3.33. The van der Waals surface area contributed by atoms with Crippen molar-refractivity contribution in [1.82, 2.24) is 5.32 Å². The minimum Gasteiger partial charge on any atom is -0.464 e. The van der Waals surface area contributed by atoms with Crippen LogP contribution in [0.2, 0.25) is 0 Å². The van der Waals surface area contributed by atoms with E-state index in [1.54, 1.807) is 6.07 Å². The number of hydrogen-bond acceptors (Lipinski definition) is 4. The smallest absolute Gasteiger partial charge is 0.157 e. The topological polar surface area (TPSA) is 59.3 Å². The predicted octanol–water partition coefficient (Wildman–Crippen LogP) is 3.27. The Morgan fingerprint density at radius 1 is 1.19 bits per heavy atom. The van der Waals surface area contributed by atoms with E-state index in [-0.39, 0.29) is 11.3 Å². The fourth-order valence-electron chi connectivity index (χ4n) is 2.76. The SMILES string of the molecule is CC(C)(C)NCc1ccc(CS(=O)(=O)CC2CCCC2)o1. The van der Waals surface area contributed by atoms with E-state index in [0.29, 0.717) is 24.0 Å². The van der Waals surface area contributed by atoms with E-state index in [9.17, 15) is 8.42 Å². The Balaban J connectivity index is 1.89. The summed E-state index contributed by atoms with van der Waals surface area (Å²) in [5.74, 6) is 2.03.